The second-order valence-electron chi connectivity index (χ2n) is 7.44. The predicted molar refractivity (Wildman–Crippen MR) is 135 cm³/mol. The topological polar surface area (TPSA) is 115 Å². The largest absolute Gasteiger partial charge is 0.495 e. The number of imide groups is 1. The van der Waals surface area contributed by atoms with Crippen LogP contribution in [0.15, 0.2) is 63.9 Å². The molecule has 0 saturated carbocycles. The SMILES string of the molecule is COC(=O)c1ccc(-c2ccc(/C=C3/SC(=O)N(CC(=O)Nc4ccc(OC)c(Cl)c4)C3=O)o2)cc1. The van der Waals surface area contributed by atoms with Gasteiger partial charge in [-0.2, -0.15) is 0 Å². The van der Waals surface area contributed by atoms with Gasteiger partial charge in [0.2, 0.25) is 5.91 Å². The average Bonchev–Trinajstić information content (AvgIpc) is 3.44. The van der Waals surface area contributed by atoms with Crippen molar-refractivity contribution in [3.63, 3.8) is 0 Å². The van der Waals surface area contributed by atoms with E-state index < -0.39 is 29.6 Å². The van der Waals surface area contributed by atoms with Gasteiger partial charge in [0.1, 0.15) is 23.8 Å². The van der Waals surface area contributed by atoms with Crippen molar-refractivity contribution >= 4 is 58.1 Å². The second kappa shape index (κ2) is 10.7. The van der Waals surface area contributed by atoms with Crippen molar-refractivity contribution in [3.05, 3.63) is 75.8 Å². The van der Waals surface area contributed by atoms with Crippen LogP contribution >= 0.6 is 23.4 Å². The summed E-state index contributed by atoms with van der Waals surface area (Å²) in [6.07, 6.45) is 1.44. The Hall–Kier alpha value is -4.02. The molecule has 0 unspecified atom stereocenters. The first-order valence-corrected chi connectivity index (χ1v) is 11.7. The highest BCUT2D eigenvalue weighted by atomic mass is 35.5. The monoisotopic (exact) mass is 526 g/mol. The Morgan fingerprint density at radius 3 is 2.50 bits per heavy atom. The van der Waals surface area contributed by atoms with Gasteiger partial charge in [-0.1, -0.05) is 23.7 Å². The molecule has 3 aromatic rings. The van der Waals surface area contributed by atoms with Crippen molar-refractivity contribution in [2.24, 2.45) is 0 Å². The summed E-state index contributed by atoms with van der Waals surface area (Å²) in [6.45, 7) is -0.457. The van der Waals surface area contributed by atoms with Crippen LogP contribution in [0.4, 0.5) is 10.5 Å². The van der Waals surface area contributed by atoms with Gasteiger partial charge in [0.25, 0.3) is 11.1 Å². The fourth-order valence-corrected chi connectivity index (χ4v) is 4.40. The van der Waals surface area contributed by atoms with Gasteiger partial charge >= 0.3 is 5.97 Å². The van der Waals surface area contributed by atoms with Crippen molar-refractivity contribution in [2.45, 2.75) is 0 Å². The minimum atomic E-state index is -0.603. The summed E-state index contributed by atoms with van der Waals surface area (Å²) >= 11 is 6.77. The first-order valence-electron chi connectivity index (χ1n) is 10.5. The number of esters is 1. The number of carbonyl (C=O) groups is 4. The molecular weight excluding hydrogens is 508 g/mol. The number of thioether (sulfide) groups is 1. The van der Waals surface area contributed by atoms with E-state index in [-0.39, 0.29) is 4.91 Å². The van der Waals surface area contributed by atoms with E-state index in [1.165, 1.54) is 26.4 Å². The third-order valence-electron chi connectivity index (χ3n) is 5.10. The van der Waals surface area contributed by atoms with E-state index in [2.05, 4.69) is 10.1 Å². The zero-order chi connectivity index (χ0) is 25.8. The number of furan rings is 1. The van der Waals surface area contributed by atoms with Gasteiger partial charge < -0.3 is 19.2 Å². The number of nitrogens with zero attached hydrogens (tertiary/aromatic N) is 1. The molecule has 1 aliphatic heterocycles. The molecule has 1 N–H and O–H groups in total. The van der Waals surface area contributed by atoms with Crippen molar-refractivity contribution in [1.29, 1.82) is 0 Å². The number of nitrogens with one attached hydrogen (secondary N) is 1. The number of ether oxygens (including phenoxy) is 2. The third-order valence-corrected chi connectivity index (χ3v) is 6.30. The Morgan fingerprint density at radius 2 is 1.83 bits per heavy atom. The molecule has 2 aromatic carbocycles. The summed E-state index contributed by atoms with van der Waals surface area (Å²) in [6, 6.07) is 14.7. The number of halogens is 1. The van der Waals surface area contributed by atoms with E-state index in [9.17, 15) is 19.2 Å². The molecule has 1 aromatic heterocycles. The summed E-state index contributed by atoms with van der Waals surface area (Å²) in [5.41, 5.74) is 1.52. The number of amides is 3. The van der Waals surface area contributed by atoms with E-state index in [1.807, 2.05) is 0 Å². The lowest BCUT2D eigenvalue weighted by Gasteiger charge is -2.13. The lowest BCUT2D eigenvalue weighted by Crippen LogP contribution is -2.36. The molecule has 0 bridgehead atoms. The molecule has 0 aliphatic carbocycles. The first-order chi connectivity index (χ1) is 17.3. The third kappa shape index (κ3) is 5.45. The van der Waals surface area contributed by atoms with E-state index >= 15 is 0 Å². The maximum Gasteiger partial charge on any atom is 0.337 e. The standard InChI is InChI=1S/C25H19ClN2O7S/c1-33-20-9-7-16(11-18(20)26)27-22(29)13-28-23(30)21(36-25(28)32)12-17-8-10-19(35-17)14-3-5-15(6-4-14)24(31)34-2/h3-12H,13H2,1-2H3,(H,27,29)/b21-12+. The van der Waals surface area contributed by atoms with Crippen LogP contribution in [0.25, 0.3) is 17.4 Å². The van der Waals surface area contributed by atoms with Gasteiger partial charge in [0, 0.05) is 17.3 Å². The molecule has 1 fully saturated rings. The smallest absolute Gasteiger partial charge is 0.337 e. The van der Waals surface area contributed by atoms with Crippen molar-refractivity contribution in [3.8, 4) is 17.1 Å². The van der Waals surface area contributed by atoms with Crippen molar-refractivity contribution in [1.82, 2.24) is 4.90 Å². The normalized spacial score (nSPS) is 14.3. The number of anilines is 1. The summed E-state index contributed by atoms with van der Waals surface area (Å²) in [5, 5.41) is 2.34. The summed E-state index contributed by atoms with van der Waals surface area (Å²) in [4.78, 5) is 50.1. The van der Waals surface area contributed by atoms with Crippen LogP contribution in [0, 0.1) is 0 Å². The molecule has 4 rings (SSSR count). The zero-order valence-corrected chi connectivity index (χ0v) is 20.6. The highest BCUT2D eigenvalue weighted by Gasteiger charge is 2.36. The molecule has 1 aliphatic rings. The number of rotatable bonds is 7. The number of benzene rings is 2. The van der Waals surface area contributed by atoms with Crippen LogP contribution in [0.2, 0.25) is 5.02 Å². The highest BCUT2D eigenvalue weighted by molar-refractivity contribution is 8.18. The quantitative estimate of drug-likeness (QED) is 0.335. The Labute approximate surface area is 215 Å². The number of hydrogen-bond donors (Lipinski definition) is 1. The van der Waals surface area contributed by atoms with Crippen LogP contribution in [0.5, 0.6) is 5.75 Å². The zero-order valence-electron chi connectivity index (χ0n) is 19.1. The maximum absolute atomic E-state index is 12.8. The molecule has 2 heterocycles. The van der Waals surface area contributed by atoms with Crippen molar-refractivity contribution < 1.29 is 33.1 Å². The molecule has 0 atom stereocenters. The molecular formula is C25H19ClN2O7S. The van der Waals surface area contributed by atoms with Gasteiger partial charge in [-0.15, -0.1) is 0 Å². The number of hydrogen-bond acceptors (Lipinski definition) is 8. The summed E-state index contributed by atoms with van der Waals surface area (Å²) in [5.74, 6) is -0.299. The summed E-state index contributed by atoms with van der Waals surface area (Å²) < 4.78 is 15.5. The molecule has 9 nitrogen and oxygen atoms in total. The number of methoxy groups -OCH3 is 2. The minimum absolute atomic E-state index is 0.127. The van der Waals surface area contributed by atoms with Gasteiger partial charge in [0.05, 0.1) is 29.7 Å². The average molecular weight is 527 g/mol. The fourth-order valence-electron chi connectivity index (χ4n) is 3.33. The Kier molecular flexibility index (Phi) is 7.47. The van der Waals surface area contributed by atoms with E-state index in [0.29, 0.717) is 50.9 Å². The molecule has 1 saturated heterocycles. The van der Waals surface area contributed by atoms with E-state index in [1.54, 1.807) is 48.5 Å². The molecule has 36 heavy (non-hydrogen) atoms. The highest BCUT2D eigenvalue weighted by Crippen LogP contribution is 2.33. The molecule has 11 heteroatoms. The van der Waals surface area contributed by atoms with Gasteiger partial charge in [-0.3, -0.25) is 19.3 Å². The van der Waals surface area contributed by atoms with Gasteiger partial charge in [-0.25, -0.2) is 4.79 Å². The van der Waals surface area contributed by atoms with Gasteiger partial charge in [-0.05, 0) is 54.2 Å². The second-order valence-corrected chi connectivity index (χ2v) is 8.84. The lowest BCUT2D eigenvalue weighted by atomic mass is 10.1. The first kappa shape index (κ1) is 25.1. The Bertz CT molecular complexity index is 1380. The van der Waals surface area contributed by atoms with Crippen LogP contribution in [0.1, 0.15) is 16.1 Å². The Morgan fingerprint density at radius 1 is 1.08 bits per heavy atom. The minimum Gasteiger partial charge on any atom is -0.495 e. The Balaban J connectivity index is 1.42. The van der Waals surface area contributed by atoms with E-state index in [0.717, 1.165) is 4.90 Å². The van der Waals surface area contributed by atoms with Crippen molar-refractivity contribution in [2.75, 3.05) is 26.1 Å². The summed E-state index contributed by atoms with van der Waals surface area (Å²) in [7, 11) is 2.78. The maximum atomic E-state index is 12.8. The van der Waals surface area contributed by atoms with Crippen LogP contribution in [0.3, 0.4) is 0 Å². The van der Waals surface area contributed by atoms with Crippen LogP contribution in [-0.4, -0.2) is 48.7 Å². The predicted octanol–water partition coefficient (Wildman–Crippen LogP) is 5.07. The molecule has 0 radical (unpaired) electrons. The number of carbonyl (C=O) groups excluding carboxylic acids is 4. The lowest BCUT2D eigenvalue weighted by molar-refractivity contribution is -0.127. The van der Waals surface area contributed by atoms with Crippen LogP contribution < -0.4 is 10.1 Å². The molecule has 0 spiro atoms. The van der Waals surface area contributed by atoms with E-state index in [4.69, 9.17) is 20.8 Å². The molecule has 3 amide bonds. The molecule has 184 valence electrons. The van der Waals surface area contributed by atoms with Gasteiger partial charge in [0.15, 0.2) is 0 Å². The fraction of sp³-hybridized carbons (Fsp3) is 0.120. The van der Waals surface area contributed by atoms with Crippen LogP contribution in [-0.2, 0) is 14.3 Å².